The molecule has 0 bridgehead atoms. The van der Waals surface area contributed by atoms with Gasteiger partial charge in [0.2, 0.25) is 0 Å². The fraction of sp³-hybridized carbons (Fsp3) is 0.474. The number of aromatic hydroxyl groups is 1. The van der Waals surface area contributed by atoms with Crippen molar-refractivity contribution in [2.75, 3.05) is 6.61 Å². The molecule has 0 fully saturated rings. The van der Waals surface area contributed by atoms with Crippen molar-refractivity contribution in [3.8, 4) is 11.5 Å². The quantitative estimate of drug-likeness (QED) is 0.598. The van der Waals surface area contributed by atoms with E-state index in [9.17, 15) is 24.9 Å². The molecular weight excluding hydrogens is 340 g/mol. The van der Waals surface area contributed by atoms with E-state index < -0.39 is 30.1 Å². The largest absolute Gasteiger partial charge is 0.507 e. The molecule has 0 radical (unpaired) electrons. The molecule has 26 heavy (non-hydrogen) atoms. The van der Waals surface area contributed by atoms with Crippen LogP contribution in [0.4, 0.5) is 0 Å². The number of esters is 1. The lowest BCUT2D eigenvalue weighted by Gasteiger charge is -2.21. The van der Waals surface area contributed by atoms with E-state index in [1.807, 2.05) is 0 Å². The van der Waals surface area contributed by atoms with E-state index in [2.05, 4.69) is 0 Å². The van der Waals surface area contributed by atoms with E-state index in [-0.39, 0.29) is 36.0 Å². The molecule has 1 aromatic carbocycles. The van der Waals surface area contributed by atoms with Crippen molar-refractivity contribution < 1.29 is 34.4 Å². The maximum absolute atomic E-state index is 12.5. The van der Waals surface area contributed by atoms with Crippen LogP contribution in [0.25, 0.3) is 0 Å². The third-order valence-corrected chi connectivity index (χ3v) is 4.35. The zero-order chi connectivity index (χ0) is 19.4. The monoisotopic (exact) mass is 364 g/mol. The van der Waals surface area contributed by atoms with Crippen molar-refractivity contribution in [1.82, 2.24) is 0 Å². The summed E-state index contributed by atoms with van der Waals surface area (Å²) in [7, 11) is 0. The molecule has 0 spiro atoms. The Morgan fingerprint density at radius 3 is 2.54 bits per heavy atom. The molecule has 1 heterocycles. The van der Waals surface area contributed by atoms with E-state index in [0.29, 0.717) is 5.56 Å². The maximum Gasteiger partial charge on any atom is 0.346 e. The standard InChI is InChI=1S/C19H24O7/c1-10-8-15(22)17-16(9-10)25-7-6-14(21)18(23)13(20)5-4-11(2)12(3)26-19(17)24/h4-5,8-9,11-12,14,18,21-23H,6-7H2,1-3H3/b5-4-/t11-,12+,14+,18-/m1/s1. The van der Waals surface area contributed by atoms with Crippen molar-refractivity contribution in [3.63, 3.8) is 0 Å². The van der Waals surface area contributed by atoms with Gasteiger partial charge in [-0.2, -0.15) is 0 Å². The molecule has 1 aromatic rings. The van der Waals surface area contributed by atoms with Crippen LogP contribution in [0.2, 0.25) is 0 Å². The lowest BCUT2D eigenvalue weighted by molar-refractivity contribution is -0.128. The number of rotatable bonds is 0. The van der Waals surface area contributed by atoms with Gasteiger partial charge >= 0.3 is 5.97 Å². The summed E-state index contributed by atoms with van der Waals surface area (Å²) in [5, 5.41) is 30.0. The van der Waals surface area contributed by atoms with E-state index in [4.69, 9.17) is 9.47 Å². The maximum atomic E-state index is 12.5. The van der Waals surface area contributed by atoms with Crippen molar-refractivity contribution in [2.45, 2.75) is 45.5 Å². The number of aliphatic hydroxyl groups is 2. The topological polar surface area (TPSA) is 113 Å². The van der Waals surface area contributed by atoms with Gasteiger partial charge in [0, 0.05) is 12.3 Å². The van der Waals surface area contributed by atoms with Gasteiger partial charge in [0.05, 0.1) is 12.7 Å². The first-order valence-corrected chi connectivity index (χ1v) is 8.46. The molecule has 0 unspecified atom stereocenters. The number of aryl methyl sites for hydroxylation is 1. The van der Waals surface area contributed by atoms with Gasteiger partial charge in [-0.15, -0.1) is 0 Å². The Balaban J connectivity index is 2.39. The summed E-state index contributed by atoms with van der Waals surface area (Å²) in [6.07, 6.45) is -0.816. The number of fused-ring (bicyclic) bond motifs is 1. The first-order chi connectivity index (χ1) is 12.2. The highest BCUT2D eigenvalue weighted by Gasteiger charge is 2.26. The number of carbonyl (C=O) groups excluding carboxylic acids is 2. The number of ether oxygens (including phenoxy) is 2. The lowest BCUT2D eigenvalue weighted by atomic mass is 10.0. The first kappa shape index (κ1) is 19.9. The molecule has 0 aliphatic carbocycles. The minimum absolute atomic E-state index is 0.0319. The number of ketones is 1. The molecule has 4 atom stereocenters. The summed E-state index contributed by atoms with van der Waals surface area (Å²) in [4.78, 5) is 24.4. The highest BCUT2D eigenvalue weighted by Crippen LogP contribution is 2.31. The second-order valence-electron chi connectivity index (χ2n) is 6.54. The molecule has 0 saturated carbocycles. The number of hydrogen-bond acceptors (Lipinski definition) is 7. The Kier molecular flexibility index (Phi) is 6.39. The summed E-state index contributed by atoms with van der Waals surface area (Å²) in [6.45, 7) is 5.06. The van der Waals surface area contributed by atoms with Gasteiger partial charge in [-0.3, -0.25) is 4.79 Å². The average Bonchev–Trinajstić information content (AvgIpc) is 2.56. The molecule has 7 heteroatoms. The Hall–Kier alpha value is -2.38. The van der Waals surface area contributed by atoms with Gasteiger partial charge in [-0.1, -0.05) is 13.0 Å². The zero-order valence-electron chi connectivity index (χ0n) is 15.0. The smallest absolute Gasteiger partial charge is 0.346 e. The molecule has 0 aromatic heterocycles. The number of phenolic OH excluding ortho intramolecular Hbond substituents is 1. The van der Waals surface area contributed by atoms with Crippen LogP contribution < -0.4 is 4.74 Å². The summed E-state index contributed by atoms with van der Waals surface area (Å²) in [5.74, 6) is -1.84. The van der Waals surface area contributed by atoms with Crippen LogP contribution in [-0.2, 0) is 9.53 Å². The molecule has 1 aliphatic rings. The van der Waals surface area contributed by atoms with E-state index in [1.165, 1.54) is 18.2 Å². The molecule has 3 N–H and O–H groups in total. The van der Waals surface area contributed by atoms with Gasteiger partial charge in [-0.05, 0) is 37.6 Å². The number of carbonyl (C=O) groups is 2. The first-order valence-electron chi connectivity index (χ1n) is 8.46. The molecule has 1 aliphatic heterocycles. The summed E-state index contributed by atoms with van der Waals surface area (Å²) in [6, 6.07) is 3.00. The van der Waals surface area contributed by atoms with Crippen molar-refractivity contribution in [1.29, 1.82) is 0 Å². The predicted octanol–water partition coefficient (Wildman–Crippen LogP) is 1.51. The summed E-state index contributed by atoms with van der Waals surface area (Å²) >= 11 is 0. The van der Waals surface area contributed by atoms with Gasteiger partial charge in [-0.25, -0.2) is 4.79 Å². The van der Waals surface area contributed by atoms with Crippen LogP contribution in [0, 0.1) is 12.8 Å². The fourth-order valence-corrected chi connectivity index (χ4v) is 2.53. The van der Waals surface area contributed by atoms with E-state index >= 15 is 0 Å². The SMILES string of the molecule is Cc1cc(O)c2c(c1)OCC[C@H](O)[C@H](O)C(=O)/C=C\[C@@H](C)[C@H](C)OC2=O. The molecule has 0 saturated heterocycles. The highest BCUT2D eigenvalue weighted by atomic mass is 16.5. The summed E-state index contributed by atoms with van der Waals surface area (Å²) < 4.78 is 10.9. The van der Waals surface area contributed by atoms with Crippen molar-refractivity contribution in [3.05, 3.63) is 35.4 Å². The van der Waals surface area contributed by atoms with Gasteiger partial charge in [0.1, 0.15) is 29.3 Å². The molecular formula is C19H24O7. The van der Waals surface area contributed by atoms with Crippen LogP contribution in [-0.4, -0.2) is 52.0 Å². The Bertz CT molecular complexity index is 710. The van der Waals surface area contributed by atoms with Crippen molar-refractivity contribution >= 4 is 11.8 Å². The molecule has 7 nitrogen and oxygen atoms in total. The van der Waals surface area contributed by atoms with E-state index in [1.54, 1.807) is 26.8 Å². The van der Waals surface area contributed by atoms with Crippen LogP contribution in [0.15, 0.2) is 24.3 Å². The van der Waals surface area contributed by atoms with Crippen LogP contribution >= 0.6 is 0 Å². The summed E-state index contributed by atoms with van der Waals surface area (Å²) in [5.41, 5.74) is 0.581. The third kappa shape index (κ3) is 4.62. The Morgan fingerprint density at radius 1 is 1.15 bits per heavy atom. The minimum Gasteiger partial charge on any atom is -0.507 e. The van der Waals surface area contributed by atoms with Crippen LogP contribution in [0.3, 0.4) is 0 Å². The number of phenols is 1. The third-order valence-electron chi connectivity index (χ3n) is 4.35. The highest BCUT2D eigenvalue weighted by molar-refractivity contribution is 5.96. The molecule has 142 valence electrons. The number of cyclic esters (lactones) is 1. The predicted molar refractivity (Wildman–Crippen MR) is 93.2 cm³/mol. The number of aliphatic hydroxyl groups excluding tert-OH is 2. The normalized spacial score (nSPS) is 29.1. The Morgan fingerprint density at radius 2 is 1.85 bits per heavy atom. The van der Waals surface area contributed by atoms with Crippen LogP contribution in [0.5, 0.6) is 11.5 Å². The second-order valence-corrected chi connectivity index (χ2v) is 6.54. The fourth-order valence-electron chi connectivity index (χ4n) is 2.53. The average molecular weight is 364 g/mol. The lowest BCUT2D eigenvalue weighted by Crippen LogP contribution is -2.34. The Labute approximate surface area is 151 Å². The van der Waals surface area contributed by atoms with Crippen LogP contribution in [0.1, 0.15) is 36.2 Å². The second kappa shape index (κ2) is 8.33. The number of benzene rings is 1. The van der Waals surface area contributed by atoms with Crippen molar-refractivity contribution in [2.24, 2.45) is 5.92 Å². The molecule has 0 amide bonds. The molecule has 2 rings (SSSR count). The zero-order valence-corrected chi connectivity index (χ0v) is 15.0. The van der Waals surface area contributed by atoms with E-state index in [0.717, 1.165) is 0 Å². The number of hydrogen-bond donors (Lipinski definition) is 3. The minimum atomic E-state index is -1.56. The van der Waals surface area contributed by atoms with Gasteiger partial charge < -0.3 is 24.8 Å². The van der Waals surface area contributed by atoms with Gasteiger partial charge in [0.15, 0.2) is 5.78 Å². The van der Waals surface area contributed by atoms with Gasteiger partial charge in [0.25, 0.3) is 0 Å².